The van der Waals surface area contributed by atoms with E-state index in [1.807, 2.05) is 16.8 Å². The molecule has 0 bridgehead atoms. The molecule has 28 heavy (non-hydrogen) atoms. The Balaban J connectivity index is 1.87. The first-order chi connectivity index (χ1) is 13.4. The first-order valence-electron chi connectivity index (χ1n) is 8.28. The van der Waals surface area contributed by atoms with Gasteiger partial charge in [0, 0.05) is 16.1 Å². The summed E-state index contributed by atoms with van der Waals surface area (Å²) in [6.07, 6.45) is -0.104. The van der Waals surface area contributed by atoms with Crippen molar-refractivity contribution >= 4 is 63.2 Å². The van der Waals surface area contributed by atoms with Gasteiger partial charge in [-0.05, 0) is 51.0 Å². The zero-order valence-electron chi connectivity index (χ0n) is 14.3. The minimum atomic E-state index is -1.77. The summed E-state index contributed by atoms with van der Waals surface area (Å²) in [5.41, 5.74) is 0.165. The number of hydrogen-bond acceptors (Lipinski definition) is 6. The number of rotatable bonds is 3. The summed E-state index contributed by atoms with van der Waals surface area (Å²) in [4.78, 5) is 31.1. The van der Waals surface area contributed by atoms with Crippen molar-refractivity contribution in [2.24, 2.45) is 0 Å². The summed E-state index contributed by atoms with van der Waals surface area (Å²) in [6.45, 7) is 0. The smallest absolute Gasteiger partial charge is 0.335 e. The normalized spacial score (nSPS) is 24.8. The fourth-order valence-corrected chi connectivity index (χ4v) is 5.06. The van der Waals surface area contributed by atoms with Gasteiger partial charge in [-0.1, -0.05) is 35.9 Å². The van der Waals surface area contributed by atoms with Crippen molar-refractivity contribution in [1.82, 2.24) is 4.98 Å². The fraction of sp³-hybridized carbons (Fsp3) is 0.150. The summed E-state index contributed by atoms with van der Waals surface area (Å²) in [5.74, 6) is -1.17. The van der Waals surface area contributed by atoms with Crippen molar-refractivity contribution < 1.29 is 14.3 Å². The first-order valence-corrected chi connectivity index (χ1v) is 10.8. The van der Waals surface area contributed by atoms with Crippen LogP contribution in [0.25, 0.3) is 0 Å². The lowest BCUT2D eigenvalue weighted by Gasteiger charge is -2.41. The SMILES string of the molecule is O=C1CC(c2ccsc2)(c2cccc(Br)n2)OC(=O)C1(S)c1ccccc1Cl. The second-order valence-electron chi connectivity index (χ2n) is 6.36. The topological polar surface area (TPSA) is 56.3 Å². The molecule has 0 N–H and O–H groups in total. The molecule has 142 valence electrons. The molecular weight excluding hydrogens is 482 g/mol. The summed E-state index contributed by atoms with van der Waals surface area (Å²) >= 11 is 15.5. The molecule has 0 radical (unpaired) electrons. The van der Waals surface area contributed by atoms with Crippen LogP contribution in [0.2, 0.25) is 5.02 Å². The van der Waals surface area contributed by atoms with E-state index in [1.165, 1.54) is 11.3 Å². The lowest BCUT2D eigenvalue weighted by atomic mass is 9.78. The van der Waals surface area contributed by atoms with Crippen molar-refractivity contribution in [1.29, 1.82) is 0 Å². The number of benzene rings is 1. The zero-order chi connectivity index (χ0) is 19.9. The highest BCUT2D eigenvalue weighted by atomic mass is 79.9. The quantitative estimate of drug-likeness (QED) is 0.237. The van der Waals surface area contributed by atoms with Crippen LogP contribution in [-0.4, -0.2) is 16.7 Å². The number of nitrogens with zero attached hydrogens (tertiary/aromatic N) is 1. The van der Waals surface area contributed by atoms with Crippen LogP contribution in [0.1, 0.15) is 23.2 Å². The molecule has 3 aromatic rings. The van der Waals surface area contributed by atoms with Crippen molar-refractivity contribution in [3.63, 3.8) is 0 Å². The van der Waals surface area contributed by atoms with Gasteiger partial charge in [-0.25, -0.2) is 9.78 Å². The molecule has 0 saturated carbocycles. The summed E-state index contributed by atoms with van der Waals surface area (Å²) < 4.78 is 4.79. The second-order valence-corrected chi connectivity index (χ2v) is 9.03. The van der Waals surface area contributed by atoms with Crippen LogP contribution in [0.5, 0.6) is 0 Å². The van der Waals surface area contributed by atoms with Gasteiger partial charge < -0.3 is 4.74 Å². The van der Waals surface area contributed by atoms with Gasteiger partial charge in [0.1, 0.15) is 4.60 Å². The molecule has 1 aromatic carbocycles. The maximum Gasteiger partial charge on any atom is 0.335 e. The largest absolute Gasteiger partial charge is 0.445 e. The molecular formula is C20H13BrClNO3S2. The van der Waals surface area contributed by atoms with Gasteiger partial charge in [0.2, 0.25) is 0 Å². The van der Waals surface area contributed by atoms with Crippen molar-refractivity contribution in [2.75, 3.05) is 0 Å². The van der Waals surface area contributed by atoms with Gasteiger partial charge in [-0.15, -0.1) is 12.6 Å². The predicted octanol–water partition coefficient (Wildman–Crippen LogP) is 5.14. The van der Waals surface area contributed by atoms with Gasteiger partial charge >= 0.3 is 5.97 Å². The number of carbonyl (C=O) groups excluding carboxylic acids is 2. The number of hydrogen-bond donors (Lipinski definition) is 1. The molecule has 8 heteroatoms. The zero-order valence-corrected chi connectivity index (χ0v) is 18.3. The molecule has 1 saturated heterocycles. The van der Waals surface area contributed by atoms with Gasteiger partial charge in [0.15, 0.2) is 16.1 Å². The Morgan fingerprint density at radius 2 is 1.93 bits per heavy atom. The molecule has 3 heterocycles. The van der Waals surface area contributed by atoms with Gasteiger partial charge in [0.25, 0.3) is 0 Å². The van der Waals surface area contributed by atoms with E-state index in [2.05, 4.69) is 33.5 Å². The van der Waals surface area contributed by atoms with Crippen LogP contribution in [0.15, 0.2) is 63.9 Å². The summed E-state index contributed by atoms with van der Waals surface area (Å²) in [5, 5.41) is 4.00. The minimum Gasteiger partial charge on any atom is -0.445 e. The van der Waals surface area contributed by atoms with Gasteiger partial charge in [0.05, 0.1) is 12.1 Å². The number of pyridine rings is 1. The Morgan fingerprint density at radius 1 is 1.14 bits per heavy atom. The highest BCUT2D eigenvalue weighted by Crippen LogP contribution is 2.49. The Morgan fingerprint density at radius 3 is 2.57 bits per heavy atom. The summed E-state index contributed by atoms with van der Waals surface area (Å²) in [6, 6.07) is 13.8. The van der Waals surface area contributed by atoms with Crippen LogP contribution in [-0.2, 0) is 24.7 Å². The third kappa shape index (κ3) is 3.01. The predicted molar refractivity (Wildman–Crippen MR) is 115 cm³/mol. The average molecular weight is 495 g/mol. The molecule has 2 atom stereocenters. The molecule has 1 aliphatic rings. The lowest BCUT2D eigenvalue weighted by Crippen LogP contribution is -2.53. The molecule has 1 fully saturated rings. The van der Waals surface area contributed by atoms with E-state index in [-0.39, 0.29) is 11.4 Å². The number of halogens is 2. The van der Waals surface area contributed by atoms with Crippen LogP contribution in [0, 0.1) is 0 Å². The molecule has 0 aliphatic carbocycles. The van der Waals surface area contributed by atoms with E-state index >= 15 is 0 Å². The lowest BCUT2D eigenvalue weighted by molar-refractivity contribution is -0.172. The number of esters is 1. The third-order valence-electron chi connectivity index (χ3n) is 4.76. The maximum atomic E-state index is 13.4. The van der Waals surface area contributed by atoms with Crippen LogP contribution >= 0.6 is 51.5 Å². The molecule has 4 rings (SSSR count). The molecule has 0 amide bonds. The van der Waals surface area contributed by atoms with Gasteiger partial charge in [-0.3, -0.25) is 4.79 Å². The van der Waals surface area contributed by atoms with Crippen LogP contribution in [0.3, 0.4) is 0 Å². The molecule has 0 spiro atoms. The minimum absolute atomic E-state index is 0.104. The Labute approximate surface area is 184 Å². The molecule has 1 aliphatic heterocycles. The number of ether oxygens (including phenoxy) is 1. The Hall–Kier alpha value is -1.67. The van der Waals surface area contributed by atoms with Crippen molar-refractivity contribution in [3.8, 4) is 0 Å². The third-order valence-corrected chi connectivity index (χ3v) is 6.88. The van der Waals surface area contributed by atoms with Crippen molar-refractivity contribution in [2.45, 2.75) is 16.8 Å². The van der Waals surface area contributed by atoms with E-state index < -0.39 is 22.1 Å². The summed E-state index contributed by atoms with van der Waals surface area (Å²) in [7, 11) is 0. The highest BCUT2D eigenvalue weighted by molar-refractivity contribution is 9.10. The number of cyclic esters (lactones) is 1. The standard InChI is InChI=1S/C20H13BrClNO3S2/c21-17-7-3-6-15(23-17)19(12-8-9-28-11-12)10-16(24)20(27,18(25)26-19)13-4-1-2-5-14(13)22/h1-9,11,27H,10H2. The number of carbonyl (C=O) groups is 2. The average Bonchev–Trinajstić information content (AvgIpc) is 3.21. The maximum absolute atomic E-state index is 13.4. The number of thiol groups is 1. The fourth-order valence-electron chi connectivity index (χ4n) is 3.33. The number of Topliss-reactive ketones (excluding diaryl/α,β-unsaturated/α-hetero) is 1. The first kappa shape index (κ1) is 19.6. The van der Waals surface area contributed by atoms with Gasteiger partial charge in [-0.2, -0.15) is 11.3 Å². The monoisotopic (exact) mass is 493 g/mol. The molecule has 2 unspecified atom stereocenters. The highest BCUT2D eigenvalue weighted by Gasteiger charge is 2.58. The molecule has 4 nitrogen and oxygen atoms in total. The Bertz CT molecular complexity index is 1050. The van der Waals surface area contributed by atoms with E-state index in [9.17, 15) is 9.59 Å². The second kappa shape index (κ2) is 7.30. The van der Waals surface area contributed by atoms with E-state index in [0.29, 0.717) is 21.4 Å². The van der Waals surface area contributed by atoms with Crippen molar-refractivity contribution in [3.05, 3.63) is 85.7 Å². The number of aromatic nitrogens is 1. The molecule has 2 aromatic heterocycles. The van der Waals surface area contributed by atoms with Crippen LogP contribution in [0.4, 0.5) is 0 Å². The Kier molecular flexibility index (Phi) is 5.12. The van der Waals surface area contributed by atoms with Crippen LogP contribution < -0.4 is 0 Å². The number of ketones is 1. The van der Waals surface area contributed by atoms with E-state index in [4.69, 9.17) is 16.3 Å². The number of thiophene rings is 1. The van der Waals surface area contributed by atoms with E-state index in [1.54, 1.807) is 42.5 Å². The van der Waals surface area contributed by atoms with E-state index in [0.717, 1.165) is 0 Å².